The predicted octanol–water partition coefficient (Wildman–Crippen LogP) is 4.86. The Bertz CT molecular complexity index is 712. The zero-order valence-corrected chi connectivity index (χ0v) is 15.5. The van der Waals surface area contributed by atoms with Crippen LogP contribution in [0, 0.1) is 6.92 Å². The fraction of sp³-hybridized carbons (Fsp3) is 0.471. The molecule has 118 valence electrons. The van der Waals surface area contributed by atoms with Crippen LogP contribution in [-0.2, 0) is 0 Å². The Morgan fingerprint density at radius 2 is 2.18 bits per heavy atom. The Kier molecular flexibility index (Phi) is 4.55. The van der Waals surface area contributed by atoms with Gasteiger partial charge in [-0.2, -0.15) is 11.8 Å². The van der Waals surface area contributed by atoms with Gasteiger partial charge in [-0.3, -0.25) is 4.79 Å². The molecule has 22 heavy (non-hydrogen) atoms. The van der Waals surface area contributed by atoms with E-state index in [1.807, 2.05) is 48.8 Å². The molecule has 0 aliphatic heterocycles. The van der Waals surface area contributed by atoms with E-state index in [1.54, 1.807) is 0 Å². The maximum Gasteiger partial charge on any atom is 0.289 e. The number of benzene rings is 1. The molecule has 1 aromatic carbocycles. The van der Waals surface area contributed by atoms with Crippen LogP contribution in [0.15, 0.2) is 27.1 Å². The molecule has 0 unspecified atom stereocenters. The average Bonchev–Trinajstić information content (AvgIpc) is 3.11. The van der Waals surface area contributed by atoms with E-state index in [9.17, 15) is 4.79 Å². The Labute approximate surface area is 143 Å². The summed E-state index contributed by atoms with van der Waals surface area (Å²) in [5.41, 5.74) is 1.69. The fourth-order valence-electron chi connectivity index (χ4n) is 3.21. The number of aryl methyl sites for hydroxylation is 1. The summed E-state index contributed by atoms with van der Waals surface area (Å²) in [6.45, 7) is 1.96. The van der Waals surface area contributed by atoms with Crippen LogP contribution >= 0.6 is 27.7 Å². The van der Waals surface area contributed by atoms with Crippen molar-refractivity contribution in [1.29, 1.82) is 0 Å². The third-order valence-electron chi connectivity index (χ3n) is 4.65. The molecule has 1 heterocycles. The third kappa shape index (κ3) is 2.81. The number of halogens is 1. The number of thioether (sulfide) groups is 1. The van der Waals surface area contributed by atoms with Gasteiger partial charge in [0.2, 0.25) is 0 Å². The van der Waals surface area contributed by atoms with Gasteiger partial charge in [0.05, 0.1) is 0 Å². The van der Waals surface area contributed by atoms with Gasteiger partial charge in [0.25, 0.3) is 5.91 Å². The number of hydrogen-bond acceptors (Lipinski definition) is 3. The van der Waals surface area contributed by atoms with Crippen LogP contribution < -0.4 is 0 Å². The second-order valence-electron chi connectivity index (χ2n) is 5.94. The summed E-state index contributed by atoms with van der Waals surface area (Å²) in [4.78, 5) is 14.7. The number of carbonyl (C=O) groups is 1. The molecule has 3 rings (SSSR count). The van der Waals surface area contributed by atoms with E-state index < -0.39 is 0 Å². The molecule has 1 aliphatic carbocycles. The van der Waals surface area contributed by atoms with E-state index in [-0.39, 0.29) is 5.91 Å². The molecular weight excluding hydrogens is 362 g/mol. The lowest BCUT2D eigenvalue weighted by atomic mass is 10.1. The van der Waals surface area contributed by atoms with Gasteiger partial charge >= 0.3 is 0 Å². The molecule has 3 nitrogen and oxygen atoms in total. The minimum atomic E-state index is -0.00317. The van der Waals surface area contributed by atoms with Gasteiger partial charge in [-0.1, -0.05) is 15.9 Å². The Hall–Kier alpha value is -0.940. The molecular formula is C17H20BrNO2S. The maximum atomic E-state index is 12.8. The number of fused-ring (bicyclic) bond motifs is 1. The number of nitrogens with zero attached hydrogens (tertiary/aromatic N) is 1. The lowest BCUT2D eigenvalue weighted by molar-refractivity contribution is 0.0704. The van der Waals surface area contributed by atoms with Gasteiger partial charge in [0.1, 0.15) is 5.58 Å². The molecule has 1 aliphatic rings. The first kappa shape index (κ1) is 15.9. The van der Waals surface area contributed by atoms with Gasteiger partial charge in [0.15, 0.2) is 5.76 Å². The quantitative estimate of drug-likeness (QED) is 0.760. The Morgan fingerprint density at radius 3 is 2.86 bits per heavy atom. The van der Waals surface area contributed by atoms with E-state index in [0.717, 1.165) is 33.8 Å². The standard InChI is InChI=1S/C17H20BrNO2S/c1-10-14-8-11(18)4-7-15(14)21-16(10)17(20)19(2)12-5-6-13(9-12)22-3/h4,7-8,12-13H,5-6,9H2,1-3H3/t12-,13+/m0/s1. The van der Waals surface area contributed by atoms with Crippen molar-refractivity contribution in [1.82, 2.24) is 4.90 Å². The van der Waals surface area contributed by atoms with E-state index in [1.165, 1.54) is 6.42 Å². The van der Waals surface area contributed by atoms with Crippen molar-refractivity contribution in [3.8, 4) is 0 Å². The predicted molar refractivity (Wildman–Crippen MR) is 95.7 cm³/mol. The number of amides is 1. The molecule has 2 atom stereocenters. The molecule has 1 fully saturated rings. The molecule has 1 amide bonds. The van der Waals surface area contributed by atoms with Crippen molar-refractivity contribution >= 4 is 44.6 Å². The molecule has 0 spiro atoms. The summed E-state index contributed by atoms with van der Waals surface area (Å²) in [5.74, 6) is 0.472. The summed E-state index contributed by atoms with van der Waals surface area (Å²) >= 11 is 5.37. The number of rotatable bonds is 3. The van der Waals surface area contributed by atoms with Crippen molar-refractivity contribution in [2.24, 2.45) is 0 Å². The fourth-order valence-corrected chi connectivity index (χ4v) is 4.35. The summed E-state index contributed by atoms with van der Waals surface area (Å²) in [7, 11) is 1.90. The highest BCUT2D eigenvalue weighted by molar-refractivity contribution is 9.10. The highest BCUT2D eigenvalue weighted by Crippen LogP contribution is 2.33. The first-order valence-electron chi connectivity index (χ1n) is 7.50. The normalized spacial score (nSPS) is 21.5. The second kappa shape index (κ2) is 6.28. The first-order valence-corrected chi connectivity index (χ1v) is 9.58. The zero-order chi connectivity index (χ0) is 15.9. The van der Waals surface area contributed by atoms with Crippen LogP contribution in [0.2, 0.25) is 0 Å². The lowest BCUT2D eigenvalue weighted by Crippen LogP contribution is -2.35. The Morgan fingerprint density at radius 1 is 1.41 bits per heavy atom. The van der Waals surface area contributed by atoms with Crippen LogP contribution in [0.4, 0.5) is 0 Å². The van der Waals surface area contributed by atoms with Crippen molar-refractivity contribution in [3.05, 3.63) is 34.0 Å². The minimum absolute atomic E-state index is 0.00317. The number of carbonyl (C=O) groups excluding carboxylic acids is 1. The third-order valence-corrected chi connectivity index (χ3v) is 6.24. The van der Waals surface area contributed by atoms with Crippen LogP contribution in [0.5, 0.6) is 0 Å². The van der Waals surface area contributed by atoms with Gasteiger partial charge in [-0.25, -0.2) is 0 Å². The van der Waals surface area contributed by atoms with Gasteiger partial charge in [-0.05, 0) is 50.6 Å². The molecule has 1 saturated carbocycles. The highest BCUT2D eigenvalue weighted by Gasteiger charge is 2.31. The van der Waals surface area contributed by atoms with Gasteiger partial charge in [0, 0.05) is 33.8 Å². The van der Waals surface area contributed by atoms with E-state index in [4.69, 9.17) is 4.42 Å². The van der Waals surface area contributed by atoms with Crippen molar-refractivity contribution in [2.75, 3.05) is 13.3 Å². The molecule has 0 radical (unpaired) electrons. The summed E-state index contributed by atoms with van der Waals surface area (Å²) in [5, 5.41) is 1.67. The smallest absolute Gasteiger partial charge is 0.289 e. The van der Waals surface area contributed by atoms with Gasteiger partial charge < -0.3 is 9.32 Å². The van der Waals surface area contributed by atoms with Crippen molar-refractivity contribution < 1.29 is 9.21 Å². The average molecular weight is 382 g/mol. The van der Waals surface area contributed by atoms with Crippen LogP contribution in [-0.4, -0.2) is 35.4 Å². The highest BCUT2D eigenvalue weighted by atomic mass is 79.9. The lowest BCUT2D eigenvalue weighted by Gasteiger charge is -2.24. The maximum absolute atomic E-state index is 12.8. The molecule has 2 aromatic rings. The van der Waals surface area contributed by atoms with E-state index >= 15 is 0 Å². The van der Waals surface area contributed by atoms with Crippen molar-refractivity contribution in [2.45, 2.75) is 37.5 Å². The minimum Gasteiger partial charge on any atom is -0.451 e. The number of furan rings is 1. The molecule has 5 heteroatoms. The van der Waals surface area contributed by atoms with Crippen LogP contribution in [0.3, 0.4) is 0 Å². The topological polar surface area (TPSA) is 33.5 Å². The Balaban J connectivity index is 1.87. The zero-order valence-electron chi connectivity index (χ0n) is 13.1. The van der Waals surface area contributed by atoms with Crippen LogP contribution in [0.1, 0.15) is 35.4 Å². The summed E-state index contributed by atoms with van der Waals surface area (Å²) in [6.07, 6.45) is 5.50. The van der Waals surface area contributed by atoms with E-state index in [2.05, 4.69) is 22.2 Å². The van der Waals surface area contributed by atoms with Gasteiger partial charge in [-0.15, -0.1) is 0 Å². The number of hydrogen-bond donors (Lipinski definition) is 0. The monoisotopic (exact) mass is 381 g/mol. The SMILES string of the molecule is CS[C@@H]1CC[C@H](N(C)C(=O)c2oc3ccc(Br)cc3c2C)C1. The molecule has 0 N–H and O–H groups in total. The largest absolute Gasteiger partial charge is 0.451 e. The molecule has 0 bridgehead atoms. The summed E-state index contributed by atoms with van der Waals surface area (Å²) in [6, 6.07) is 6.17. The molecule has 0 saturated heterocycles. The first-order chi connectivity index (χ1) is 10.5. The van der Waals surface area contributed by atoms with E-state index in [0.29, 0.717) is 17.1 Å². The molecule has 1 aromatic heterocycles. The summed E-state index contributed by atoms with van der Waals surface area (Å²) < 4.78 is 6.83. The second-order valence-corrected chi connectivity index (χ2v) is 7.99. The van der Waals surface area contributed by atoms with Crippen molar-refractivity contribution in [3.63, 3.8) is 0 Å². The van der Waals surface area contributed by atoms with Crippen LogP contribution in [0.25, 0.3) is 11.0 Å².